The van der Waals surface area contributed by atoms with Gasteiger partial charge in [-0.15, -0.1) is 0 Å². The predicted molar refractivity (Wildman–Crippen MR) is 52.0 cm³/mol. The first-order chi connectivity index (χ1) is 6.72. The van der Waals surface area contributed by atoms with Crippen LogP contribution in [0.3, 0.4) is 0 Å². The maximum Gasteiger partial charge on any atom is 0.257 e. The molecule has 2 rings (SSSR count). The fraction of sp³-hybridized carbons (Fsp3) is 0.500. The minimum atomic E-state index is 0.0392. The molecule has 1 aromatic rings. The van der Waals surface area contributed by atoms with Crippen molar-refractivity contribution in [3.05, 3.63) is 23.7 Å². The standard InChI is InChI=1S/C10H14N2O2/c1-2-9-8(3-4-14-9)10(13)12-5-7(11)6-12/h3-4,7H,2,5-6,11H2,1H3. The van der Waals surface area contributed by atoms with Crippen molar-refractivity contribution in [1.82, 2.24) is 4.90 Å². The van der Waals surface area contributed by atoms with Gasteiger partial charge in [-0.3, -0.25) is 4.79 Å². The SMILES string of the molecule is CCc1occc1C(=O)N1CC(N)C1. The summed E-state index contributed by atoms with van der Waals surface area (Å²) in [5.41, 5.74) is 6.29. The molecule has 0 saturated carbocycles. The minimum absolute atomic E-state index is 0.0392. The minimum Gasteiger partial charge on any atom is -0.469 e. The highest BCUT2D eigenvalue weighted by Crippen LogP contribution is 2.17. The Morgan fingerprint density at radius 2 is 2.43 bits per heavy atom. The lowest BCUT2D eigenvalue weighted by Crippen LogP contribution is -2.57. The van der Waals surface area contributed by atoms with Crippen LogP contribution in [0.5, 0.6) is 0 Å². The van der Waals surface area contributed by atoms with Crippen molar-refractivity contribution in [2.45, 2.75) is 19.4 Å². The molecule has 1 amide bonds. The summed E-state index contributed by atoms with van der Waals surface area (Å²) < 4.78 is 5.20. The van der Waals surface area contributed by atoms with Crippen LogP contribution in [-0.2, 0) is 6.42 Å². The van der Waals surface area contributed by atoms with Crippen LogP contribution in [0.15, 0.2) is 16.7 Å². The molecular weight excluding hydrogens is 180 g/mol. The Kier molecular flexibility index (Phi) is 2.29. The average molecular weight is 194 g/mol. The van der Waals surface area contributed by atoms with Gasteiger partial charge in [-0.05, 0) is 6.07 Å². The molecule has 0 radical (unpaired) electrons. The highest BCUT2D eigenvalue weighted by molar-refractivity contribution is 5.95. The summed E-state index contributed by atoms with van der Waals surface area (Å²) in [4.78, 5) is 13.6. The van der Waals surface area contributed by atoms with Crippen LogP contribution in [0.25, 0.3) is 0 Å². The third-order valence-corrected chi connectivity index (χ3v) is 2.49. The molecule has 0 bridgehead atoms. The van der Waals surface area contributed by atoms with Crippen molar-refractivity contribution < 1.29 is 9.21 Å². The summed E-state index contributed by atoms with van der Waals surface area (Å²) in [5.74, 6) is 0.799. The molecular formula is C10H14N2O2. The van der Waals surface area contributed by atoms with Crippen molar-refractivity contribution in [1.29, 1.82) is 0 Å². The van der Waals surface area contributed by atoms with Gasteiger partial charge in [-0.1, -0.05) is 6.92 Å². The molecule has 0 aliphatic carbocycles. The van der Waals surface area contributed by atoms with Gasteiger partial charge in [0.15, 0.2) is 0 Å². The Morgan fingerprint density at radius 3 is 3.00 bits per heavy atom. The van der Waals surface area contributed by atoms with E-state index in [1.54, 1.807) is 17.2 Å². The van der Waals surface area contributed by atoms with E-state index in [0.29, 0.717) is 18.7 Å². The average Bonchev–Trinajstić information content (AvgIpc) is 2.59. The number of carbonyl (C=O) groups is 1. The zero-order valence-electron chi connectivity index (χ0n) is 8.19. The smallest absolute Gasteiger partial charge is 0.257 e. The molecule has 1 aromatic heterocycles. The molecule has 0 aromatic carbocycles. The van der Waals surface area contributed by atoms with Crippen LogP contribution in [0.4, 0.5) is 0 Å². The van der Waals surface area contributed by atoms with Crippen molar-refractivity contribution in [2.24, 2.45) is 5.73 Å². The highest BCUT2D eigenvalue weighted by atomic mass is 16.3. The van der Waals surface area contributed by atoms with E-state index in [1.165, 1.54) is 0 Å². The quantitative estimate of drug-likeness (QED) is 0.751. The van der Waals surface area contributed by atoms with Gasteiger partial charge in [-0.25, -0.2) is 0 Å². The number of aryl methyl sites for hydroxylation is 1. The summed E-state index contributed by atoms with van der Waals surface area (Å²) in [5, 5.41) is 0. The number of hydrogen-bond donors (Lipinski definition) is 1. The molecule has 0 atom stereocenters. The number of furan rings is 1. The molecule has 0 spiro atoms. The van der Waals surface area contributed by atoms with E-state index in [-0.39, 0.29) is 11.9 Å². The molecule has 4 nitrogen and oxygen atoms in total. The molecule has 2 N–H and O–H groups in total. The van der Waals surface area contributed by atoms with E-state index < -0.39 is 0 Å². The van der Waals surface area contributed by atoms with Gasteiger partial charge in [0.25, 0.3) is 5.91 Å². The normalized spacial score (nSPS) is 16.9. The first kappa shape index (κ1) is 9.27. The lowest BCUT2D eigenvalue weighted by atomic mass is 10.1. The number of likely N-dealkylation sites (tertiary alicyclic amines) is 1. The third kappa shape index (κ3) is 1.42. The number of nitrogens with two attached hydrogens (primary N) is 1. The van der Waals surface area contributed by atoms with Gasteiger partial charge < -0.3 is 15.1 Å². The number of amides is 1. The van der Waals surface area contributed by atoms with E-state index >= 15 is 0 Å². The summed E-state index contributed by atoms with van der Waals surface area (Å²) in [6, 6.07) is 1.88. The molecule has 4 heteroatoms. The molecule has 14 heavy (non-hydrogen) atoms. The van der Waals surface area contributed by atoms with E-state index in [9.17, 15) is 4.79 Å². The number of hydrogen-bond acceptors (Lipinski definition) is 3. The predicted octanol–water partition coefficient (Wildman–Crippen LogP) is 0.625. The van der Waals surface area contributed by atoms with Crippen LogP contribution >= 0.6 is 0 Å². The van der Waals surface area contributed by atoms with Crippen molar-refractivity contribution in [3.8, 4) is 0 Å². The highest BCUT2D eigenvalue weighted by Gasteiger charge is 2.29. The second kappa shape index (κ2) is 3.46. The Morgan fingerprint density at radius 1 is 1.71 bits per heavy atom. The van der Waals surface area contributed by atoms with E-state index in [1.807, 2.05) is 6.92 Å². The van der Waals surface area contributed by atoms with Gasteiger partial charge in [0.2, 0.25) is 0 Å². The maximum atomic E-state index is 11.8. The van der Waals surface area contributed by atoms with Gasteiger partial charge in [-0.2, -0.15) is 0 Å². The molecule has 2 heterocycles. The van der Waals surface area contributed by atoms with Crippen LogP contribution in [0, 0.1) is 0 Å². The van der Waals surface area contributed by atoms with Gasteiger partial charge in [0.05, 0.1) is 11.8 Å². The van der Waals surface area contributed by atoms with E-state index in [2.05, 4.69) is 0 Å². The number of nitrogens with zero attached hydrogens (tertiary/aromatic N) is 1. The number of rotatable bonds is 2. The Bertz CT molecular complexity index is 340. The second-order valence-corrected chi connectivity index (χ2v) is 3.58. The molecule has 1 aliphatic rings. The Balaban J connectivity index is 2.11. The summed E-state index contributed by atoms with van der Waals surface area (Å²) in [7, 11) is 0. The van der Waals surface area contributed by atoms with Gasteiger partial charge >= 0.3 is 0 Å². The van der Waals surface area contributed by atoms with E-state index in [4.69, 9.17) is 10.2 Å². The molecule has 1 fully saturated rings. The topological polar surface area (TPSA) is 59.5 Å². The van der Waals surface area contributed by atoms with Gasteiger partial charge in [0, 0.05) is 25.6 Å². The first-order valence-corrected chi connectivity index (χ1v) is 4.83. The zero-order valence-corrected chi connectivity index (χ0v) is 8.19. The summed E-state index contributed by atoms with van der Waals surface area (Å²) in [6.07, 6.45) is 2.31. The fourth-order valence-electron chi connectivity index (χ4n) is 1.65. The van der Waals surface area contributed by atoms with Crippen molar-refractivity contribution in [2.75, 3.05) is 13.1 Å². The van der Waals surface area contributed by atoms with Crippen LogP contribution < -0.4 is 5.73 Å². The van der Waals surface area contributed by atoms with Crippen LogP contribution in [0.2, 0.25) is 0 Å². The van der Waals surface area contributed by atoms with Crippen molar-refractivity contribution in [3.63, 3.8) is 0 Å². The van der Waals surface area contributed by atoms with E-state index in [0.717, 1.165) is 12.2 Å². The largest absolute Gasteiger partial charge is 0.469 e. The van der Waals surface area contributed by atoms with Crippen molar-refractivity contribution >= 4 is 5.91 Å². The molecule has 76 valence electrons. The second-order valence-electron chi connectivity index (χ2n) is 3.58. The summed E-state index contributed by atoms with van der Waals surface area (Å²) >= 11 is 0. The zero-order chi connectivity index (χ0) is 10.1. The number of carbonyl (C=O) groups excluding carboxylic acids is 1. The van der Waals surface area contributed by atoms with Crippen LogP contribution in [-0.4, -0.2) is 29.9 Å². The Hall–Kier alpha value is -1.29. The monoisotopic (exact) mass is 194 g/mol. The lowest BCUT2D eigenvalue weighted by Gasteiger charge is -2.36. The molecule has 1 saturated heterocycles. The van der Waals surface area contributed by atoms with Gasteiger partial charge in [0.1, 0.15) is 5.76 Å². The first-order valence-electron chi connectivity index (χ1n) is 4.83. The lowest BCUT2D eigenvalue weighted by molar-refractivity contribution is 0.0606. The summed E-state index contributed by atoms with van der Waals surface area (Å²) in [6.45, 7) is 3.29. The molecule has 1 aliphatic heterocycles. The Labute approximate surface area is 82.7 Å². The third-order valence-electron chi connectivity index (χ3n) is 2.49. The molecule has 0 unspecified atom stereocenters. The maximum absolute atomic E-state index is 11.8. The fourth-order valence-corrected chi connectivity index (χ4v) is 1.65. The van der Waals surface area contributed by atoms with Crippen LogP contribution in [0.1, 0.15) is 23.0 Å².